The molecule has 0 aliphatic carbocycles. The van der Waals surface area contributed by atoms with E-state index in [0.29, 0.717) is 43.9 Å². The fourth-order valence-corrected chi connectivity index (χ4v) is 6.13. The molecular weight excluding hydrogens is 406 g/mol. The van der Waals surface area contributed by atoms with Gasteiger partial charge in [0.05, 0.1) is 0 Å². The first kappa shape index (κ1) is 23.2. The first-order valence-electron chi connectivity index (χ1n) is 10.8. The second-order valence-corrected chi connectivity index (χ2v) is 10.5. The Labute approximate surface area is 179 Å². The second kappa shape index (κ2) is 9.76. The van der Waals surface area contributed by atoms with Crippen molar-refractivity contribution >= 4 is 15.9 Å². The van der Waals surface area contributed by atoms with E-state index in [4.69, 9.17) is 4.52 Å². The number of carbonyl (C=O) groups is 1. The van der Waals surface area contributed by atoms with Crippen molar-refractivity contribution in [1.82, 2.24) is 24.6 Å². The molecule has 170 valence electrons. The lowest BCUT2D eigenvalue weighted by molar-refractivity contribution is -0.126. The van der Waals surface area contributed by atoms with Crippen LogP contribution in [-0.4, -0.2) is 93.0 Å². The summed E-state index contributed by atoms with van der Waals surface area (Å²) in [7, 11) is -1.48. The Morgan fingerprint density at radius 3 is 2.37 bits per heavy atom. The Kier molecular flexibility index (Phi) is 7.54. The zero-order valence-electron chi connectivity index (χ0n) is 18.6. The number of aryl methyl sites for hydroxylation is 2. The summed E-state index contributed by atoms with van der Waals surface area (Å²) in [5.74, 6) is 0.449. The monoisotopic (exact) mass is 441 g/mol. The van der Waals surface area contributed by atoms with Gasteiger partial charge in [0.25, 0.3) is 0 Å². The molecule has 3 rings (SSSR count). The van der Waals surface area contributed by atoms with Crippen LogP contribution in [0.25, 0.3) is 0 Å². The summed E-state index contributed by atoms with van der Waals surface area (Å²) in [5, 5.41) is 6.84. The van der Waals surface area contributed by atoms with Crippen LogP contribution in [0.1, 0.15) is 31.2 Å². The van der Waals surface area contributed by atoms with Crippen LogP contribution in [0.5, 0.6) is 0 Å². The normalized spacial score (nSPS) is 21.6. The Balaban J connectivity index is 1.45. The summed E-state index contributed by atoms with van der Waals surface area (Å²) in [6.45, 7) is 11.8. The molecule has 10 heteroatoms. The number of hydrogen-bond acceptors (Lipinski definition) is 7. The average molecular weight is 442 g/mol. The van der Waals surface area contributed by atoms with Gasteiger partial charge in [-0.05, 0) is 39.7 Å². The maximum absolute atomic E-state index is 13.0. The van der Waals surface area contributed by atoms with Gasteiger partial charge in [0.1, 0.15) is 10.6 Å². The minimum absolute atomic E-state index is 0.0659. The quantitative estimate of drug-likeness (QED) is 0.665. The van der Waals surface area contributed by atoms with E-state index >= 15 is 0 Å². The molecule has 9 nitrogen and oxygen atoms in total. The van der Waals surface area contributed by atoms with Crippen molar-refractivity contribution < 1.29 is 17.7 Å². The highest BCUT2D eigenvalue weighted by atomic mass is 32.2. The number of piperazine rings is 1. The van der Waals surface area contributed by atoms with E-state index in [9.17, 15) is 13.2 Å². The summed E-state index contributed by atoms with van der Waals surface area (Å²) in [6.07, 6.45) is 1.35. The molecule has 1 atom stereocenters. The number of amides is 1. The van der Waals surface area contributed by atoms with Crippen molar-refractivity contribution in [1.29, 1.82) is 0 Å². The predicted molar refractivity (Wildman–Crippen MR) is 114 cm³/mol. The molecule has 2 fully saturated rings. The number of carbonyl (C=O) groups excluding carboxylic acids is 1. The molecule has 1 N–H and O–H groups in total. The Bertz CT molecular complexity index is 805. The lowest BCUT2D eigenvalue weighted by Crippen LogP contribution is -2.48. The van der Waals surface area contributed by atoms with Crippen LogP contribution in [-0.2, 0) is 14.8 Å². The van der Waals surface area contributed by atoms with Gasteiger partial charge in [-0.15, -0.1) is 0 Å². The Morgan fingerprint density at radius 2 is 1.80 bits per heavy atom. The molecule has 0 spiro atoms. The number of likely N-dealkylation sites (N-methyl/N-ethyl adjacent to an activating group) is 1. The smallest absolute Gasteiger partial charge is 0.248 e. The van der Waals surface area contributed by atoms with Crippen LogP contribution in [0.3, 0.4) is 0 Å². The average Bonchev–Trinajstić information content (AvgIpc) is 3.07. The van der Waals surface area contributed by atoms with Gasteiger partial charge in [0, 0.05) is 58.3 Å². The van der Waals surface area contributed by atoms with Crippen LogP contribution >= 0.6 is 0 Å². The molecule has 30 heavy (non-hydrogen) atoms. The Hall–Kier alpha value is -1.49. The van der Waals surface area contributed by atoms with E-state index in [2.05, 4.69) is 27.3 Å². The molecule has 0 bridgehead atoms. The first-order chi connectivity index (χ1) is 14.2. The number of nitrogens with one attached hydrogen (secondary N) is 1. The zero-order valence-corrected chi connectivity index (χ0v) is 19.4. The van der Waals surface area contributed by atoms with Crippen LogP contribution in [0.4, 0.5) is 0 Å². The molecule has 1 amide bonds. The van der Waals surface area contributed by atoms with Crippen molar-refractivity contribution in [2.45, 2.75) is 38.5 Å². The molecule has 0 saturated carbocycles. The fourth-order valence-electron chi connectivity index (χ4n) is 4.37. The Morgan fingerprint density at radius 1 is 1.17 bits per heavy atom. The second-order valence-electron chi connectivity index (χ2n) is 8.62. The van der Waals surface area contributed by atoms with E-state index < -0.39 is 10.0 Å². The standard InChI is InChI=1S/C20H35N5O4S/c1-15(20(26)21-7-10-24-13-11-23(4)12-14-24)18-5-8-25(9-6-18)30(27,28)19-16(2)22-29-17(19)3/h15,18H,5-14H2,1-4H3,(H,21,26)/t15-/m1/s1. The van der Waals surface area contributed by atoms with Gasteiger partial charge >= 0.3 is 0 Å². The summed E-state index contributed by atoms with van der Waals surface area (Å²) in [4.78, 5) is 17.5. The van der Waals surface area contributed by atoms with Gasteiger partial charge in [-0.2, -0.15) is 4.31 Å². The molecule has 3 heterocycles. The van der Waals surface area contributed by atoms with Crippen LogP contribution in [0.2, 0.25) is 0 Å². The van der Waals surface area contributed by atoms with Gasteiger partial charge in [-0.1, -0.05) is 12.1 Å². The van der Waals surface area contributed by atoms with E-state index in [-0.39, 0.29) is 22.6 Å². The fraction of sp³-hybridized carbons (Fsp3) is 0.800. The lowest BCUT2D eigenvalue weighted by Gasteiger charge is -2.34. The number of sulfonamides is 1. The first-order valence-corrected chi connectivity index (χ1v) is 12.3. The van der Waals surface area contributed by atoms with Crippen molar-refractivity contribution in [3.8, 4) is 0 Å². The summed E-state index contributed by atoms with van der Waals surface area (Å²) in [6, 6.07) is 0. The molecule has 1 aromatic rings. The molecule has 0 aromatic carbocycles. The summed E-state index contributed by atoms with van der Waals surface area (Å²) >= 11 is 0. The summed E-state index contributed by atoms with van der Waals surface area (Å²) < 4.78 is 32.4. The van der Waals surface area contributed by atoms with Crippen LogP contribution in [0.15, 0.2) is 9.42 Å². The van der Waals surface area contributed by atoms with Gasteiger partial charge in [0.2, 0.25) is 15.9 Å². The van der Waals surface area contributed by atoms with E-state index in [1.54, 1.807) is 13.8 Å². The molecule has 2 saturated heterocycles. The highest BCUT2D eigenvalue weighted by molar-refractivity contribution is 7.89. The largest absolute Gasteiger partial charge is 0.360 e. The highest BCUT2D eigenvalue weighted by Gasteiger charge is 2.36. The molecule has 0 radical (unpaired) electrons. The highest BCUT2D eigenvalue weighted by Crippen LogP contribution is 2.30. The van der Waals surface area contributed by atoms with Gasteiger partial charge in [0.15, 0.2) is 5.76 Å². The third-order valence-corrected chi connectivity index (χ3v) is 8.65. The van der Waals surface area contributed by atoms with E-state index in [0.717, 1.165) is 32.7 Å². The van der Waals surface area contributed by atoms with Gasteiger partial charge in [-0.25, -0.2) is 8.42 Å². The van der Waals surface area contributed by atoms with Crippen LogP contribution in [0, 0.1) is 25.7 Å². The van der Waals surface area contributed by atoms with Gasteiger partial charge < -0.3 is 14.7 Å². The number of hydrogen-bond donors (Lipinski definition) is 1. The number of aromatic nitrogens is 1. The molecular formula is C20H35N5O4S. The van der Waals surface area contributed by atoms with E-state index in [1.807, 2.05) is 6.92 Å². The predicted octanol–water partition coefficient (Wildman–Crippen LogP) is 0.692. The minimum atomic E-state index is -3.61. The molecule has 2 aliphatic rings. The number of rotatable bonds is 7. The maximum Gasteiger partial charge on any atom is 0.248 e. The number of piperidine rings is 1. The van der Waals surface area contributed by atoms with Crippen molar-refractivity contribution in [2.24, 2.45) is 11.8 Å². The minimum Gasteiger partial charge on any atom is -0.360 e. The third kappa shape index (κ3) is 5.22. The van der Waals surface area contributed by atoms with Gasteiger partial charge in [-0.3, -0.25) is 9.69 Å². The molecule has 2 aliphatic heterocycles. The molecule has 1 aromatic heterocycles. The van der Waals surface area contributed by atoms with Crippen molar-refractivity contribution in [3.05, 3.63) is 11.5 Å². The SMILES string of the molecule is Cc1noc(C)c1S(=O)(=O)N1CCC([C@@H](C)C(=O)NCCN2CCN(C)CC2)CC1. The summed E-state index contributed by atoms with van der Waals surface area (Å²) in [5.41, 5.74) is 0.391. The maximum atomic E-state index is 13.0. The zero-order chi connectivity index (χ0) is 21.9. The third-order valence-electron chi connectivity index (χ3n) is 6.51. The molecule has 0 unspecified atom stereocenters. The lowest BCUT2D eigenvalue weighted by atomic mass is 9.85. The number of nitrogens with zero attached hydrogens (tertiary/aromatic N) is 4. The topological polar surface area (TPSA) is 99.0 Å². The van der Waals surface area contributed by atoms with Crippen molar-refractivity contribution in [3.63, 3.8) is 0 Å². The van der Waals surface area contributed by atoms with Crippen molar-refractivity contribution in [2.75, 3.05) is 59.4 Å². The van der Waals surface area contributed by atoms with Crippen LogP contribution < -0.4 is 5.32 Å². The van der Waals surface area contributed by atoms with E-state index in [1.165, 1.54) is 4.31 Å².